The highest BCUT2D eigenvalue weighted by Gasteiger charge is 2.07. The Morgan fingerprint density at radius 1 is 1.12 bits per heavy atom. The molecule has 1 N–H and O–H groups in total. The van der Waals surface area contributed by atoms with Gasteiger partial charge in [-0.2, -0.15) is 0 Å². The Kier molecular flexibility index (Phi) is 5.68. The largest absolute Gasteiger partial charge is 0.483 e. The minimum Gasteiger partial charge on any atom is -0.483 e. The summed E-state index contributed by atoms with van der Waals surface area (Å²) in [4.78, 5) is 16.5. The zero-order valence-electron chi connectivity index (χ0n) is 15.2. The first-order chi connectivity index (χ1) is 12.5. The van der Waals surface area contributed by atoms with E-state index in [4.69, 9.17) is 4.74 Å². The van der Waals surface area contributed by atoms with Gasteiger partial charge in [-0.3, -0.25) is 4.79 Å². The van der Waals surface area contributed by atoms with Crippen LogP contribution in [0, 0.1) is 20.8 Å². The van der Waals surface area contributed by atoms with E-state index in [9.17, 15) is 4.79 Å². The van der Waals surface area contributed by atoms with Crippen molar-refractivity contribution in [2.24, 2.45) is 0 Å². The minimum atomic E-state index is -0.134. The molecule has 0 bridgehead atoms. The topological polar surface area (TPSA) is 51.2 Å². The maximum atomic E-state index is 12.0. The molecule has 0 saturated carbocycles. The molecule has 0 fully saturated rings. The predicted molar refractivity (Wildman–Crippen MR) is 106 cm³/mol. The Labute approximate surface area is 157 Å². The number of thiazole rings is 1. The van der Waals surface area contributed by atoms with Gasteiger partial charge in [0.25, 0.3) is 5.91 Å². The minimum absolute atomic E-state index is 0.0144. The fourth-order valence-corrected chi connectivity index (χ4v) is 3.19. The van der Waals surface area contributed by atoms with Gasteiger partial charge in [0.15, 0.2) is 6.61 Å². The number of aromatic nitrogens is 1. The number of benzene rings is 2. The van der Waals surface area contributed by atoms with Crippen LogP contribution in [0.2, 0.25) is 0 Å². The molecule has 0 aliphatic carbocycles. The first-order valence-electron chi connectivity index (χ1n) is 8.50. The third-order valence-electron chi connectivity index (χ3n) is 4.27. The molecule has 0 atom stereocenters. The first-order valence-corrected chi connectivity index (χ1v) is 9.38. The fraction of sp³-hybridized carbons (Fsp3) is 0.238. The number of ether oxygens (including phenoxy) is 1. The van der Waals surface area contributed by atoms with Gasteiger partial charge in [0.2, 0.25) is 0 Å². The number of rotatable bonds is 6. The van der Waals surface area contributed by atoms with Crippen molar-refractivity contribution in [2.45, 2.75) is 27.3 Å². The molecule has 26 heavy (non-hydrogen) atoms. The highest BCUT2D eigenvalue weighted by atomic mass is 32.1. The van der Waals surface area contributed by atoms with E-state index in [2.05, 4.69) is 15.7 Å². The molecule has 1 aromatic heterocycles. The quantitative estimate of drug-likeness (QED) is 0.702. The van der Waals surface area contributed by atoms with Gasteiger partial charge in [-0.25, -0.2) is 4.98 Å². The third kappa shape index (κ3) is 4.49. The molecule has 1 heterocycles. The number of carbonyl (C=O) groups is 1. The zero-order valence-corrected chi connectivity index (χ0v) is 16.0. The number of nitrogens with zero attached hydrogens (tertiary/aromatic N) is 1. The van der Waals surface area contributed by atoms with E-state index in [1.54, 1.807) is 11.3 Å². The van der Waals surface area contributed by atoms with Crippen LogP contribution in [0.3, 0.4) is 0 Å². The summed E-state index contributed by atoms with van der Waals surface area (Å²) in [6.45, 7) is 6.51. The van der Waals surface area contributed by atoms with Gasteiger partial charge >= 0.3 is 0 Å². The summed E-state index contributed by atoms with van der Waals surface area (Å²) >= 11 is 1.64. The lowest BCUT2D eigenvalue weighted by Gasteiger charge is -2.11. The molecule has 0 aliphatic rings. The average molecular weight is 366 g/mol. The van der Waals surface area contributed by atoms with Crippen LogP contribution in [0.4, 0.5) is 0 Å². The molecule has 134 valence electrons. The molecule has 2 aromatic carbocycles. The van der Waals surface area contributed by atoms with E-state index in [1.807, 2.05) is 63.2 Å². The predicted octanol–water partition coefficient (Wildman–Crippen LogP) is 4.43. The van der Waals surface area contributed by atoms with Crippen LogP contribution >= 0.6 is 11.3 Å². The number of aryl methyl sites for hydroxylation is 2. The van der Waals surface area contributed by atoms with E-state index in [1.165, 1.54) is 0 Å². The van der Waals surface area contributed by atoms with Gasteiger partial charge in [-0.05, 0) is 43.5 Å². The molecule has 1 amide bonds. The molecule has 0 saturated heterocycles. The molecular formula is C21H22N2O2S. The van der Waals surface area contributed by atoms with Crippen LogP contribution in [-0.2, 0) is 11.3 Å². The highest BCUT2D eigenvalue weighted by Crippen LogP contribution is 2.22. The van der Waals surface area contributed by atoms with E-state index >= 15 is 0 Å². The van der Waals surface area contributed by atoms with E-state index in [0.717, 1.165) is 38.7 Å². The summed E-state index contributed by atoms with van der Waals surface area (Å²) in [7, 11) is 0. The molecule has 0 aliphatic heterocycles. The van der Waals surface area contributed by atoms with Crippen molar-refractivity contribution in [1.29, 1.82) is 0 Å². The Balaban J connectivity index is 1.50. The van der Waals surface area contributed by atoms with Crippen LogP contribution in [0.25, 0.3) is 11.3 Å². The lowest BCUT2D eigenvalue weighted by atomic mass is 10.1. The van der Waals surface area contributed by atoms with Gasteiger partial charge in [0, 0.05) is 17.5 Å². The summed E-state index contributed by atoms with van der Waals surface area (Å²) in [6.07, 6.45) is 0. The van der Waals surface area contributed by atoms with Crippen molar-refractivity contribution in [3.8, 4) is 17.0 Å². The number of carbonyl (C=O) groups excluding carboxylic acids is 1. The standard InChI is InChI=1S/C21H22N2O2S/c1-14-5-4-6-20(15(14)2)25-12-21(24)22-11-17-7-9-18(10-8-17)19-13-26-16(3)23-19/h4-10,13H,11-12H2,1-3H3,(H,22,24). The average Bonchev–Trinajstić information content (AvgIpc) is 3.08. The van der Waals surface area contributed by atoms with Crippen LogP contribution in [0.5, 0.6) is 5.75 Å². The van der Waals surface area contributed by atoms with Crippen LogP contribution in [0.1, 0.15) is 21.7 Å². The normalized spacial score (nSPS) is 10.6. The van der Waals surface area contributed by atoms with E-state index in [0.29, 0.717) is 6.54 Å². The van der Waals surface area contributed by atoms with Gasteiger partial charge < -0.3 is 10.1 Å². The van der Waals surface area contributed by atoms with Crippen molar-refractivity contribution in [1.82, 2.24) is 10.3 Å². The highest BCUT2D eigenvalue weighted by molar-refractivity contribution is 7.09. The fourth-order valence-electron chi connectivity index (χ4n) is 2.56. The van der Waals surface area contributed by atoms with Gasteiger partial charge in [0.05, 0.1) is 10.7 Å². The maximum Gasteiger partial charge on any atom is 0.258 e. The van der Waals surface area contributed by atoms with Gasteiger partial charge in [-0.1, -0.05) is 36.4 Å². The molecule has 0 unspecified atom stereocenters. The summed E-state index contributed by atoms with van der Waals surface area (Å²) < 4.78 is 5.63. The van der Waals surface area contributed by atoms with Crippen LogP contribution < -0.4 is 10.1 Å². The summed E-state index contributed by atoms with van der Waals surface area (Å²) in [5, 5.41) is 6.00. The monoisotopic (exact) mass is 366 g/mol. The summed E-state index contributed by atoms with van der Waals surface area (Å²) in [5.41, 5.74) is 5.33. The number of hydrogen-bond donors (Lipinski definition) is 1. The molecular weight excluding hydrogens is 344 g/mol. The van der Waals surface area contributed by atoms with Crippen LogP contribution in [-0.4, -0.2) is 17.5 Å². The second-order valence-corrected chi connectivity index (χ2v) is 7.27. The second kappa shape index (κ2) is 8.15. The Morgan fingerprint density at radius 3 is 2.58 bits per heavy atom. The molecule has 0 radical (unpaired) electrons. The smallest absolute Gasteiger partial charge is 0.258 e. The Bertz CT molecular complexity index is 901. The molecule has 3 rings (SSSR count). The lowest BCUT2D eigenvalue weighted by molar-refractivity contribution is -0.123. The van der Waals surface area contributed by atoms with Crippen LogP contribution in [0.15, 0.2) is 47.8 Å². The molecule has 0 spiro atoms. The summed E-state index contributed by atoms with van der Waals surface area (Å²) in [6, 6.07) is 13.9. The Hall–Kier alpha value is -2.66. The van der Waals surface area contributed by atoms with Crippen molar-refractivity contribution >= 4 is 17.2 Å². The van der Waals surface area contributed by atoms with Crippen molar-refractivity contribution < 1.29 is 9.53 Å². The number of nitrogens with one attached hydrogen (secondary N) is 1. The zero-order chi connectivity index (χ0) is 18.5. The van der Waals surface area contributed by atoms with Crippen molar-refractivity contribution in [2.75, 3.05) is 6.61 Å². The lowest BCUT2D eigenvalue weighted by Crippen LogP contribution is -2.28. The molecule has 4 nitrogen and oxygen atoms in total. The third-order valence-corrected chi connectivity index (χ3v) is 5.05. The second-order valence-electron chi connectivity index (χ2n) is 6.21. The van der Waals surface area contributed by atoms with E-state index < -0.39 is 0 Å². The van der Waals surface area contributed by atoms with Crippen molar-refractivity contribution in [3.63, 3.8) is 0 Å². The summed E-state index contributed by atoms with van der Waals surface area (Å²) in [5.74, 6) is 0.619. The van der Waals surface area contributed by atoms with Gasteiger partial charge in [-0.15, -0.1) is 11.3 Å². The molecule has 5 heteroatoms. The first kappa shape index (κ1) is 18.1. The SMILES string of the molecule is Cc1nc(-c2ccc(CNC(=O)COc3cccc(C)c3C)cc2)cs1. The number of hydrogen-bond acceptors (Lipinski definition) is 4. The Morgan fingerprint density at radius 2 is 1.88 bits per heavy atom. The van der Waals surface area contributed by atoms with Gasteiger partial charge in [0.1, 0.15) is 5.75 Å². The molecule has 3 aromatic rings. The van der Waals surface area contributed by atoms with E-state index in [-0.39, 0.29) is 12.5 Å². The maximum absolute atomic E-state index is 12.0. The van der Waals surface area contributed by atoms with Crippen molar-refractivity contribution in [3.05, 3.63) is 69.5 Å². The number of amides is 1.